The van der Waals surface area contributed by atoms with Crippen molar-refractivity contribution in [2.75, 3.05) is 13.1 Å². The van der Waals surface area contributed by atoms with Crippen LogP contribution in [0.2, 0.25) is 0 Å². The third kappa shape index (κ3) is 0.956. The van der Waals surface area contributed by atoms with Crippen LogP contribution < -0.4 is 5.32 Å². The first kappa shape index (κ1) is 6.62. The lowest BCUT2D eigenvalue weighted by atomic mass is 9.90. The Balaban J connectivity index is 1.91. The Morgan fingerprint density at radius 2 is 1.80 bits per heavy atom. The number of piperazine rings is 1. The van der Waals surface area contributed by atoms with Crippen molar-refractivity contribution in [1.29, 1.82) is 0 Å². The average Bonchev–Trinajstić information content (AvgIpc) is 1.86. The van der Waals surface area contributed by atoms with E-state index in [0.29, 0.717) is 0 Å². The van der Waals surface area contributed by atoms with Gasteiger partial charge in [0.15, 0.2) is 0 Å². The molecule has 0 aliphatic carbocycles. The van der Waals surface area contributed by atoms with E-state index in [9.17, 15) is 0 Å². The summed E-state index contributed by atoms with van der Waals surface area (Å²) in [6, 6.07) is 2.38. The predicted molar refractivity (Wildman–Crippen MR) is 42.0 cm³/mol. The summed E-state index contributed by atoms with van der Waals surface area (Å²) >= 11 is 0. The highest BCUT2D eigenvalue weighted by Crippen LogP contribution is 2.21. The summed E-state index contributed by atoms with van der Waals surface area (Å²) in [5.41, 5.74) is 0. The van der Waals surface area contributed by atoms with E-state index in [2.05, 4.69) is 24.1 Å². The Morgan fingerprint density at radius 1 is 1.30 bits per heavy atom. The summed E-state index contributed by atoms with van der Waals surface area (Å²) in [6.45, 7) is 7.11. The van der Waals surface area contributed by atoms with Gasteiger partial charge in [-0.2, -0.15) is 0 Å². The molecule has 2 bridgehead atoms. The molecule has 3 heterocycles. The maximum Gasteiger partial charge on any atom is 0.0213 e. The molecule has 2 nitrogen and oxygen atoms in total. The molecule has 0 aromatic heterocycles. The lowest BCUT2D eigenvalue weighted by Gasteiger charge is -2.49. The van der Waals surface area contributed by atoms with E-state index in [1.54, 1.807) is 0 Å². The van der Waals surface area contributed by atoms with Crippen LogP contribution in [0.15, 0.2) is 0 Å². The normalized spacial score (nSPS) is 39.9. The molecule has 2 unspecified atom stereocenters. The van der Waals surface area contributed by atoms with Crippen molar-refractivity contribution in [3.8, 4) is 0 Å². The molecule has 3 fully saturated rings. The molecule has 2 heteroatoms. The summed E-state index contributed by atoms with van der Waals surface area (Å²) in [7, 11) is 0. The van der Waals surface area contributed by atoms with Gasteiger partial charge in [-0.1, -0.05) is 0 Å². The van der Waals surface area contributed by atoms with Crippen molar-refractivity contribution < 1.29 is 0 Å². The highest BCUT2D eigenvalue weighted by atomic mass is 15.3. The van der Waals surface area contributed by atoms with E-state index in [0.717, 1.165) is 18.1 Å². The molecule has 3 rings (SSSR count). The molecule has 0 aromatic rings. The van der Waals surface area contributed by atoms with Gasteiger partial charge in [0.05, 0.1) is 0 Å². The second-order valence-corrected chi connectivity index (χ2v) is 3.84. The molecule has 1 N–H and O–H groups in total. The van der Waals surface area contributed by atoms with Gasteiger partial charge in [0.25, 0.3) is 0 Å². The van der Waals surface area contributed by atoms with Gasteiger partial charge in [0, 0.05) is 31.2 Å². The van der Waals surface area contributed by atoms with E-state index in [-0.39, 0.29) is 0 Å². The Morgan fingerprint density at radius 3 is 2.10 bits per heavy atom. The number of piperidine rings is 1. The number of nitrogens with one attached hydrogen (secondary N) is 1. The minimum Gasteiger partial charge on any atom is -0.309 e. The Bertz CT molecular complexity index is 117. The van der Waals surface area contributed by atoms with Crippen LogP contribution in [0.5, 0.6) is 0 Å². The second-order valence-electron chi connectivity index (χ2n) is 3.84. The fourth-order valence-electron chi connectivity index (χ4n) is 1.97. The molecule has 0 radical (unpaired) electrons. The van der Waals surface area contributed by atoms with E-state index in [4.69, 9.17) is 0 Å². The van der Waals surface area contributed by atoms with Crippen LogP contribution in [0.3, 0.4) is 0 Å². The van der Waals surface area contributed by atoms with Crippen LogP contribution >= 0.6 is 0 Å². The van der Waals surface area contributed by atoms with Crippen molar-refractivity contribution in [2.45, 2.75) is 38.4 Å². The van der Waals surface area contributed by atoms with Crippen LogP contribution in [0, 0.1) is 0 Å². The highest BCUT2D eigenvalue weighted by Gasteiger charge is 2.36. The van der Waals surface area contributed by atoms with Crippen LogP contribution in [0.25, 0.3) is 0 Å². The van der Waals surface area contributed by atoms with Crippen molar-refractivity contribution >= 4 is 0 Å². The molecular weight excluding hydrogens is 124 g/mol. The van der Waals surface area contributed by atoms with Gasteiger partial charge >= 0.3 is 0 Å². The largest absolute Gasteiger partial charge is 0.309 e. The average molecular weight is 140 g/mol. The lowest BCUT2D eigenvalue weighted by Crippen LogP contribution is -2.67. The van der Waals surface area contributed by atoms with Crippen molar-refractivity contribution in [2.24, 2.45) is 0 Å². The lowest BCUT2D eigenvalue weighted by molar-refractivity contribution is 0.0563. The van der Waals surface area contributed by atoms with Gasteiger partial charge in [0.2, 0.25) is 0 Å². The first-order valence-corrected chi connectivity index (χ1v) is 4.26. The molecule has 3 aliphatic heterocycles. The van der Waals surface area contributed by atoms with E-state index >= 15 is 0 Å². The summed E-state index contributed by atoms with van der Waals surface area (Å²) in [4.78, 5) is 2.56. The third-order valence-electron chi connectivity index (χ3n) is 2.68. The smallest absolute Gasteiger partial charge is 0.0213 e. The third-order valence-corrected chi connectivity index (χ3v) is 2.68. The fourth-order valence-corrected chi connectivity index (χ4v) is 1.97. The molecule has 0 spiro atoms. The first-order chi connectivity index (χ1) is 4.75. The van der Waals surface area contributed by atoms with Gasteiger partial charge in [0.1, 0.15) is 0 Å². The van der Waals surface area contributed by atoms with E-state index < -0.39 is 0 Å². The maximum atomic E-state index is 3.52. The van der Waals surface area contributed by atoms with E-state index in [1.807, 2.05) is 0 Å². The van der Waals surface area contributed by atoms with Gasteiger partial charge in [-0.3, -0.25) is 4.90 Å². The SMILES string of the molecule is CC(C)N1CC2CC(C1)N2. The zero-order chi connectivity index (χ0) is 7.14. The number of fused-ring (bicyclic) bond motifs is 2. The summed E-state index contributed by atoms with van der Waals surface area (Å²) in [5, 5.41) is 3.52. The molecule has 3 saturated heterocycles. The van der Waals surface area contributed by atoms with Gasteiger partial charge < -0.3 is 5.32 Å². The standard InChI is InChI=1S/C8H16N2/c1-6(2)10-4-7-3-8(5-10)9-7/h6-9H,3-5H2,1-2H3. The molecule has 0 aromatic carbocycles. The van der Waals surface area contributed by atoms with Crippen LogP contribution in [-0.4, -0.2) is 36.1 Å². The first-order valence-electron chi connectivity index (χ1n) is 4.26. The van der Waals surface area contributed by atoms with Crippen LogP contribution in [-0.2, 0) is 0 Å². The van der Waals surface area contributed by atoms with Gasteiger partial charge in [-0.15, -0.1) is 0 Å². The van der Waals surface area contributed by atoms with Crippen molar-refractivity contribution in [3.63, 3.8) is 0 Å². The van der Waals surface area contributed by atoms with E-state index in [1.165, 1.54) is 19.5 Å². The van der Waals surface area contributed by atoms with Gasteiger partial charge in [-0.25, -0.2) is 0 Å². The fraction of sp³-hybridized carbons (Fsp3) is 1.00. The maximum absolute atomic E-state index is 3.52. The van der Waals surface area contributed by atoms with Crippen molar-refractivity contribution in [1.82, 2.24) is 10.2 Å². The molecule has 0 amide bonds. The Hall–Kier alpha value is -0.0800. The highest BCUT2D eigenvalue weighted by molar-refractivity contribution is 4.98. The number of rotatable bonds is 1. The van der Waals surface area contributed by atoms with Crippen molar-refractivity contribution in [3.05, 3.63) is 0 Å². The number of nitrogens with zero attached hydrogens (tertiary/aromatic N) is 1. The minimum absolute atomic E-state index is 0.743. The number of hydrogen-bond acceptors (Lipinski definition) is 2. The molecular formula is C8H16N2. The number of hydrogen-bond donors (Lipinski definition) is 1. The van der Waals surface area contributed by atoms with Crippen LogP contribution in [0.1, 0.15) is 20.3 Å². The topological polar surface area (TPSA) is 15.3 Å². The van der Waals surface area contributed by atoms with Crippen LogP contribution in [0.4, 0.5) is 0 Å². The quantitative estimate of drug-likeness (QED) is 0.568. The molecule has 58 valence electrons. The Kier molecular flexibility index (Phi) is 1.46. The van der Waals surface area contributed by atoms with Gasteiger partial charge in [-0.05, 0) is 20.3 Å². The monoisotopic (exact) mass is 140 g/mol. The summed E-state index contributed by atoms with van der Waals surface area (Å²) < 4.78 is 0. The minimum atomic E-state index is 0.743. The zero-order valence-electron chi connectivity index (χ0n) is 6.80. The molecule has 3 aliphatic rings. The predicted octanol–water partition coefficient (Wildman–Crippen LogP) is 0.441. The zero-order valence-corrected chi connectivity index (χ0v) is 6.80. The molecule has 0 saturated carbocycles. The summed E-state index contributed by atoms with van der Waals surface area (Å²) in [6.07, 6.45) is 1.42. The second kappa shape index (κ2) is 2.21. The molecule has 10 heavy (non-hydrogen) atoms. The molecule has 2 atom stereocenters. The summed E-state index contributed by atoms with van der Waals surface area (Å²) in [5.74, 6) is 0. The Labute approximate surface area is 62.6 Å².